The van der Waals surface area contributed by atoms with Gasteiger partial charge in [0.15, 0.2) is 5.69 Å². The molecule has 0 aromatic carbocycles. The van der Waals surface area contributed by atoms with Gasteiger partial charge in [-0.1, -0.05) is 0 Å². The van der Waals surface area contributed by atoms with E-state index in [9.17, 15) is 29.9 Å². The van der Waals surface area contributed by atoms with E-state index in [-0.39, 0.29) is 36.1 Å². The van der Waals surface area contributed by atoms with Gasteiger partial charge in [-0.2, -0.15) is 10.2 Å². The van der Waals surface area contributed by atoms with E-state index in [1.165, 1.54) is 39.5 Å². The van der Waals surface area contributed by atoms with Gasteiger partial charge in [-0.25, -0.2) is 0 Å². The molecule has 0 atom stereocenters. The molecule has 2 amide bonds. The summed E-state index contributed by atoms with van der Waals surface area (Å²) in [6, 6.07) is 0. The van der Waals surface area contributed by atoms with Crippen molar-refractivity contribution >= 4 is 23.2 Å². The second-order valence-electron chi connectivity index (χ2n) is 9.35. The van der Waals surface area contributed by atoms with Gasteiger partial charge in [0.05, 0.1) is 21.8 Å². The number of hydrogen-bond acceptors (Lipinski definition) is 9. The van der Waals surface area contributed by atoms with Crippen LogP contribution in [0, 0.1) is 10.1 Å². The Morgan fingerprint density at radius 3 is 1.71 bits per heavy atom. The van der Waals surface area contributed by atoms with E-state index < -0.39 is 22.0 Å². The quantitative estimate of drug-likeness (QED) is 0.361. The van der Waals surface area contributed by atoms with Gasteiger partial charge in [-0.15, -0.1) is 0 Å². The molecule has 2 aromatic rings. The molecule has 0 bridgehead atoms. The highest BCUT2D eigenvalue weighted by Gasteiger charge is 2.29. The number of likely N-dealkylation sites (N-methyl/N-ethyl adjacent to an activating group) is 2. The molecule has 0 saturated carbocycles. The number of nitrogens with two attached hydrogens (primary N) is 1. The van der Waals surface area contributed by atoms with Crippen molar-refractivity contribution in [3.05, 3.63) is 33.9 Å². The molecule has 0 aliphatic heterocycles. The molecule has 34 heavy (non-hydrogen) atoms. The highest BCUT2D eigenvalue weighted by Crippen LogP contribution is 2.18. The standard InChI is InChI=1S/C10H16N4O4.C10H18N4O2/c1-10(2,16)6-12(3)9(15)8-7(14(17)18)5-13(4)11-8;1-10(2,16)6-13(3)9(15)8-7(11)5-14(4)12-8/h5,16H,6H2,1-4H3;5,16H,6,11H2,1-4H3. The van der Waals surface area contributed by atoms with Crippen LogP contribution in [0.15, 0.2) is 12.4 Å². The fraction of sp³-hybridized carbons (Fsp3) is 0.600. The van der Waals surface area contributed by atoms with Crippen molar-refractivity contribution in [1.82, 2.24) is 29.4 Å². The highest BCUT2D eigenvalue weighted by atomic mass is 16.6. The number of nitrogens with zero attached hydrogens (tertiary/aromatic N) is 7. The van der Waals surface area contributed by atoms with Crippen LogP contribution in [0.1, 0.15) is 48.7 Å². The number of rotatable bonds is 7. The van der Waals surface area contributed by atoms with Gasteiger partial charge in [0.1, 0.15) is 6.20 Å². The second kappa shape index (κ2) is 10.6. The van der Waals surface area contributed by atoms with Gasteiger partial charge >= 0.3 is 5.69 Å². The van der Waals surface area contributed by atoms with Gasteiger partial charge in [-0.05, 0) is 27.7 Å². The van der Waals surface area contributed by atoms with Gasteiger partial charge < -0.3 is 25.7 Å². The number of nitrogen functional groups attached to an aromatic ring is 1. The third kappa shape index (κ3) is 8.44. The molecule has 0 saturated heterocycles. The number of carbonyl (C=O) groups excluding carboxylic acids is 2. The molecule has 0 fully saturated rings. The predicted molar refractivity (Wildman–Crippen MR) is 124 cm³/mol. The zero-order chi connectivity index (χ0) is 26.6. The van der Waals surface area contributed by atoms with Crippen molar-refractivity contribution in [2.24, 2.45) is 14.1 Å². The van der Waals surface area contributed by atoms with Crippen LogP contribution in [-0.2, 0) is 14.1 Å². The lowest BCUT2D eigenvalue weighted by atomic mass is 10.1. The number of carbonyl (C=O) groups is 2. The molecule has 190 valence electrons. The first kappa shape index (κ1) is 28.5. The number of nitro groups is 1. The number of hydrogen-bond donors (Lipinski definition) is 3. The Morgan fingerprint density at radius 2 is 1.35 bits per heavy atom. The lowest BCUT2D eigenvalue weighted by molar-refractivity contribution is -0.385. The molecule has 0 aliphatic carbocycles. The first-order chi connectivity index (χ1) is 15.3. The summed E-state index contributed by atoms with van der Waals surface area (Å²) < 4.78 is 2.70. The zero-order valence-corrected chi connectivity index (χ0v) is 20.8. The molecule has 2 rings (SSSR count). The van der Waals surface area contributed by atoms with E-state index in [1.807, 2.05) is 0 Å². The molecule has 0 unspecified atom stereocenters. The summed E-state index contributed by atoms with van der Waals surface area (Å²) >= 11 is 0. The molecule has 4 N–H and O–H groups in total. The maximum absolute atomic E-state index is 12.0. The van der Waals surface area contributed by atoms with Crippen molar-refractivity contribution in [2.75, 3.05) is 32.9 Å². The molecule has 14 nitrogen and oxygen atoms in total. The predicted octanol–water partition coefficient (Wildman–Crippen LogP) is 0.0164. The van der Waals surface area contributed by atoms with E-state index in [0.29, 0.717) is 5.69 Å². The minimum atomic E-state index is -1.08. The van der Waals surface area contributed by atoms with Gasteiger partial charge in [-0.3, -0.25) is 29.1 Å². The van der Waals surface area contributed by atoms with Crippen molar-refractivity contribution in [3.8, 4) is 0 Å². The maximum Gasteiger partial charge on any atom is 0.320 e. The number of amides is 2. The Morgan fingerprint density at radius 1 is 0.971 bits per heavy atom. The van der Waals surface area contributed by atoms with Crippen molar-refractivity contribution in [1.29, 1.82) is 0 Å². The van der Waals surface area contributed by atoms with Crippen LogP contribution in [0.25, 0.3) is 0 Å². The average molecular weight is 483 g/mol. The van der Waals surface area contributed by atoms with Crippen molar-refractivity contribution < 1.29 is 24.7 Å². The third-order valence-electron chi connectivity index (χ3n) is 4.21. The van der Waals surface area contributed by atoms with Gasteiger partial charge in [0.25, 0.3) is 11.8 Å². The minimum Gasteiger partial charge on any atom is -0.396 e. The molecule has 0 spiro atoms. The van der Waals surface area contributed by atoms with E-state index in [2.05, 4.69) is 10.2 Å². The molecule has 2 aromatic heterocycles. The number of aliphatic hydroxyl groups is 2. The topological polar surface area (TPSA) is 186 Å². The highest BCUT2D eigenvalue weighted by molar-refractivity contribution is 5.97. The molecular formula is C20H34N8O6. The van der Waals surface area contributed by atoms with Crippen LogP contribution < -0.4 is 5.73 Å². The molecule has 2 heterocycles. The number of aryl methyl sites for hydroxylation is 2. The van der Waals surface area contributed by atoms with Crippen molar-refractivity contribution in [3.63, 3.8) is 0 Å². The first-order valence-electron chi connectivity index (χ1n) is 10.2. The zero-order valence-electron chi connectivity index (χ0n) is 20.8. The number of anilines is 1. The summed E-state index contributed by atoms with van der Waals surface area (Å²) in [5.74, 6) is -0.885. The van der Waals surface area contributed by atoms with Crippen molar-refractivity contribution in [2.45, 2.75) is 38.9 Å². The van der Waals surface area contributed by atoms with Crippen LogP contribution >= 0.6 is 0 Å². The molecule has 14 heteroatoms. The lowest BCUT2D eigenvalue weighted by Crippen LogP contribution is -2.40. The SMILES string of the molecule is CN(CC(C)(C)O)C(=O)c1nn(C)cc1N.CN(CC(C)(C)O)C(=O)c1nn(C)cc1[N+](=O)[O-]. The van der Waals surface area contributed by atoms with Crippen LogP contribution in [0.4, 0.5) is 11.4 Å². The Hall–Kier alpha value is -3.52. The second-order valence-corrected chi connectivity index (χ2v) is 9.35. The lowest BCUT2D eigenvalue weighted by Gasteiger charge is -2.25. The fourth-order valence-corrected chi connectivity index (χ4v) is 3.10. The minimum absolute atomic E-state index is 0.0551. The summed E-state index contributed by atoms with van der Waals surface area (Å²) in [5, 5.41) is 37.8. The molecular weight excluding hydrogens is 448 g/mol. The summed E-state index contributed by atoms with van der Waals surface area (Å²) in [6.45, 7) is 6.64. The first-order valence-corrected chi connectivity index (χ1v) is 10.2. The smallest absolute Gasteiger partial charge is 0.320 e. The summed E-state index contributed by atoms with van der Waals surface area (Å²) in [4.78, 5) is 36.6. The normalized spacial score (nSPS) is 11.5. The summed E-state index contributed by atoms with van der Waals surface area (Å²) in [7, 11) is 6.26. The van der Waals surface area contributed by atoms with Crippen LogP contribution in [0.5, 0.6) is 0 Å². The van der Waals surface area contributed by atoms with Gasteiger partial charge in [0, 0.05) is 47.5 Å². The maximum atomic E-state index is 12.0. The average Bonchev–Trinajstić information content (AvgIpc) is 3.19. The summed E-state index contributed by atoms with van der Waals surface area (Å²) in [5.41, 5.74) is 3.63. The van der Waals surface area contributed by atoms with Crippen LogP contribution in [0.2, 0.25) is 0 Å². The molecule has 0 aliphatic rings. The van der Waals surface area contributed by atoms with E-state index in [1.54, 1.807) is 48.0 Å². The Bertz CT molecular complexity index is 1030. The third-order valence-corrected chi connectivity index (χ3v) is 4.21. The Kier molecular flexibility index (Phi) is 8.90. The monoisotopic (exact) mass is 482 g/mol. The summed E-state index contributed by atoms with van der Waals surface area (Å²) in [6.07, 6.45) is 2.75. The van der Waals surface area contributed by atoms with E-state index in [4.69, 9.17) is 5.73 Å². The van der Waals surface area contributed by atoms with Crippen LogP contribution in [0.3, 0.4) is 0 Å². The Balaban J connectivity index is 0.000000342. The van der Waals surface area contributed by atoms with E-state index >= 15 is 0 Å². The fourth-order valence-electron chi connectivity index (χ4n) is 3.10. The molecule has 0 radical (unpaired) electrons. The Labute approximate surface area is 197 Å². The van der Waals surface area contributed by atoms with Gasteiger partial charge in [0.2, 0.25) is 5.69 Å². The van der Waals surface area contributed by atoms with Crippen LogP contribution in [-0.4, -0.2) is 94.7 Å². The van der Waals surface area contributed by atoms with E-state index in [0.717, 1.165) is 0 Å². The number of aromatic nitrogens is 4. The largest absolute Gasteiger partial charge is 0.396 e.